The Morgan fingerprint density at radius 3 is 1.81 bits per heavy atom. The number of hydrogen-bond donors (Lipinski definition) is 0. The van der Waals surface area contributed by atoms with Gasteiger partial charge in [-0.1, -0.05) is 77.6 Å². The highest BCUT2D eigenvalue weighted by molar-refractivity contribution is 7.58. The van der Waals surface area contributed by atoms with E-state index >= 15 is 0 Å². The summed E-state index contributed by atoms with van der Waals surface area (Å²) in [4.78, 5) is 0. The Balaban J connectivity index is 1.99. The van der Waals surface area contributed by atoms with Gasteiger partial charge in [0.2, 0.25) is 0 Å². The normalized spacial score (nSPS) is 31.3. The van der Waals surface area contributed by atoms with Crippen molar-refractivity contribution in [1.29, 1.82) is 0 Å². The first kappa shape index (κ1) is 17.8. The van der Waals surface area contributed by atoms with E-state index in [2.05, 4.69) is 6.92 Å². The van der Waals surface area contributed by atoms with Crippen LogP contribution in [0.3, 0.4) is 0 Å². The zero-order chi connectivity index (χ0) is 14.8. The van der Waals surface area contributed by atoms with Crippen LogP contribution < -0.4 is 0 Å². The van der Waals surface area contributed by atoms with E-state index in [9.17, 15) is 0 Å². The highest BCUT2D eigenvalue weighted by Gasteiger charge is 2.28. The molecule has 2 rings (SSSR count). The van der Waals surface area contributed by atoms with Crippen LogP contribution in [0.2, 0.25) is 0 Å². The van der Waals surface area contributed by atoms with Gasteiger partial charge in [-0.3, -0.25) is 0 Å². The summed E-state index contributed by atoms with van der Waals surface area (Å²) in [5.41, 5.74) is 1.15. The summed E-state index contributed by atoms with van der Waals surface area (Å²) < 4.78 is 0. The van der Waals surface area contributed by atoms with Crippen LogP contribution in [0.4, 0.5) is 0 Å². The predicted molar refractivity (Wildman–Crippen MR) is 98.9 cm³/mol. The van der Waals surface area contributed by atoms with Crippen molar-refractivity contribution in [2.45, 2.75) is 109 Å². The van der Waals surface area contributed by atoms with Crippen molar-refractivity contribution >= 4 is 7.92 Å². The van der Waals surface area contributed by atoms with Crippen molar-refractivity contribution in [2.24, 2.45) is 5.92 Å². The van der Waals surface area contributed by atoms with Crippen LogP contribution in [0, 0.1) is 5.92 Å². The van der Waals surface area contributed by atoms with Crippen LogP contribution in [0.15, 0.2) is 0 Å². The van der Waals surface area contributed by atoms with Gasteiger partial charge in [0.05, 0.1) is 0 Å². The third-order valence-electron chi connectivity index (χ3n) is 5.87. The van der Waals surface area contributed by atoms with Crippen molar-refractivity contribution < 1.29 is 0 Å². The van der Waals surface area contributed by atoms with E-state index in [1.165, 1.54) is 64.2 Å². The molecule has 1 heteroatoms. The largest absolute Gasteiger partial charge is 0.103 e. The monoisotopic (exact) mass is 310 g/mol. The van der Waals surface area contributed by atoms with Crippen LogP contribution in [0.5, 0.6) is 0 Å². The van der Waals surface area contributed by atoms with Crippen LogP contribution in [0.1, 0.15) is 103 Å². The molecule has 0 aromatic rings. The van der Waals surface area contributed by atoms with Crippen LogP contribution in [0.25, 0.3) is 0 Å². The summed E-state index contributed by atoms with van der Waals surface area (Å²) in [6.45, 7) is 2.43. The van der Waals surface area contributed by atoms with Gasteiger partial charge >= 0.3 is 0 Å². The average molecular weight is 311 g/mol. The third-order valence-corrected chi connectivity index (χ3v) is 9.40. The maximum atomic E-state index is 2.43. The quantitative estimate of drug-likeness (QED) is 0.478. The molecule has 124 valence electrons. The minimum atomic E-state index is 0.352. The molecule has 1 heterocycles. The Labute approximate surface area is 135 Å². The molecule has 1 saturated heterocycles. The average Bonchev–Trinajstić information content (AvgIpc) is 2.69. The van der Waals surface area contributed by atoms with Gasteiger partial charge in [0.15, 0.2) is 0 Å². The summed E-state index contributed by atoms with van der Waals surface area (Å²) in [6.07, 6.45) is 26.2. The van der Waals surface area contributed by atoms with Crippen molar-refractivity contribution in [1.82, 2.24) is 0 Å². The molecular weight excluding hydrogens is 271 g/mol. The molecule has 1 saturated carbocycles. The lowest BCUT2D eigenvalue weighted by atomic mass is 9.90. The number of hydrogen-bond acceptors (Lipinski definition) is 0. The second kappa shape index (κ2) is 11.0. The van der Waals surface area contributed by atoms with Gasteiger partial charge in [-0.2, -0.15) is 0 Å². The molecule has 0 nitrogen and oxygen atoms in total. The fraction of sp³-hybridized carbons (Fsp3) is 1.00. The van der Waals surface area contributed by atoms with E-state index < -0.39 is 0 Å². The second-order valence-electron chi connectivity index (χ2n) is 7.62. The summed E-state index contributed by atoms with van der Waals surface area (Å²) in [5.74, 6) is 1.11. The van der Waals surface area contributed by atoms with Crippen LogP contribution in [-0.2, 0) is 0 Å². The molecule has 1 aliphatic heterocycles. The van der Waals surface area contributed by atoms with Gasteiger partial charge in [-0.05, 0) is 49.6 Å². The van der Waals surface area contributed by atoms with Gasteiger partial charge in [0.25, 0.3) is 0 Å². The van der Waals surface area contributed by atoms with Crippen LogP contribution in [-0.4, -0.2) is 18.0 Å². The molecule has 2 fully saturated rings. The van der Waals surface area contributed by atoms with Gasteiger partial charge in [0.1, 0.15) is 0 Å². The molecule has 0 N–H and O–H groups in total. The molecule has 1 aliphatic carbocycles. The first-order valence-electron chi connectivity index (χ1n) is 10.2. The van der Waals surface area contributed by atoms with Gasteiger partial charge in [0, 0.05) is 0 Å². The molecule has 0 bridgehead atoms. The summed E-state index contributed by atoms with van der Waals surface area (Å²) >= 11 is 0. The van der Waals surface area contributed by atoms with Crippen molar-refractivity contribution in [3.8, 4) is 0 Å². The van der Waals surface area contributed by atoms with Gasteiger partial charge in [-0.15, -0.1) is 7.92 Å². The Morgan fingerprint density at radius 1 is 0.667 bits per heavy atom. The SMILES string of the molecule is CCCP1CCCCCCCC1C1CCCCCCCC1. The topological polar surface area (TPSA) is 0 Å². The Kier molecular flexibility index (Phi) is 9.35. The molecule has 2 atom stereocenters. The molecule has 0 amide bonds. The number of rotatable bonds is 3. The fourth-order valence-corrected chi connectivity index (χ4v) is 8.23. The molecule has 2 unspecified atom stereocenters. The molecule has 21 heavy (non-hydrogen) atoms. The van der Waals surface area contributed by atoms with Gasteiger partial charge < -0.3 is 0 Å². The Morgan fingerprint density at radius 2 is 1.19 bits per heavy atom. The maximum absolute atomic E-state index is 2.43. The van der Waals surface area contributed by atoms with E-state index in [1.807, 2.05) is 0 Å². The van der Waals surface area contributed by atoms with E-state index in [0.29, 0.717) is 7.92 Å². The predicted octanol–water partition coefficient (Wildman–Crippen LogP) is 7.35. The minimum Gasteiger partial charge on any atom is -0.103 e. The van der Waals surface area contributed by atoms with E-state index in [4.69, 9.17) is 0 Å². The van der Waals surface area contributed by atoms with Gasteiger partial charge in [-0.25, -0.2) is 0 Å². The highest BCUT2D eigenvalue weighted by Crippen LogP contribution is 2.51. The molecule has 0 aromatic heterocycles. The minimum absolute atomic E-state index is 0.352. The van der Waals surface area contributed by atoms with Crippen molar-refractivity contribution in [3.63, 3.8) is 0 Å². The zero-order valence-corrected chi connectivity index (χ0v) is 15.5. The van der Waals surface area contributed by atoms with Crippen LogP contribution >= 0.6 is 7.92 Å². The lowest BCUT2D eigenvalue weighted by molar-refractivity contribution is 0.390. The molecular formula is C20H39P. The standard InChI is InChI=1S/C20H39P/c1-2-17-21-18-13-9-5-8-12-16-20(21)19-14-10-6-3-4-7-11-15-19/h19-20H,2-18H2,1H3. The van der Waals surface area contributed by atoms with E-state index in [0.717, 1.165) is 11.6 Å². The summed E-state index contributed by atoms with van der Waals surface area (Å²) in [7, 11) is 0.352. The van der Waals surface area contributed by atoms with Crippen molar-refractivity contribution in [2.75, 3.05) is 12.3 Å². The second-order valence-corrected chi connectivity index (χ2v) is 10.4. The molecule has 0 spiro atoms. The van der Waals surface area contributed by atoms with E-state index in [1.54, 1.807) is 44.4 Å². The molecule has 0 radical (unpaired) electrons. The lowest BCUT2D eigenvalue weighted by Crippen LogP contribution is -2.21. The Bertz CT molecular complexity index is 240. The molecule has 0 aromatic carbocycles. The fourth-order valence-electron chi connectivity index (χ4n) is 4.70. The summed E-state index contributed by atoms with van der Waals surface area (Å²) in [5, 5.41) is 0. The first-order valence-corrected chi connectivity index (χ1v) is 11.9. The smallest absolute Gasteiger partial charge is 0.0181 e. The Hall–Kier alpha value is 0.430. The first-order chi connectivity index (χ1) is 10.4. The zero-order valence-electron chi connectivity index (χ0n) is 14.6. The highest BCUT2D eigenvalue weighted by atomic mass is 31.1. The third kappa shape index (κ3) is 6.60. The van der Waals surface area contributed by atoms with Crippen molar-refractivity contribution in [3.05, 3.63) is 0 Å². The van der Waals surface area contributed by atoms with E-state index in [-0.39, 0.29) is 0 Å². The lowest BCUT2D eigenvalue weighted by Gasteiger charge is -2.34. The summed E-state index contributed by atoms with van der Waals surface area (Å²) in [6, 6.07) is 0. The molecule has 2 aliphatic rings. The maximum Gasteiger partial charge on any atom is -0.0181 e.